The third kappa shape index (κ3) is 1.98. The molecular weight excluding hydrogens is 207 g/mol. The first-order valence-electron chi connectivity index (χ1n) is 4.26. The third-order valence-corrected chi connectivity index (χ3v) is 3.10. The van der Waals surface area contributed by atoms with Crippen LogP contribution in [0.1, 0.15) is 18.4 Å². The van der Waals surface area contributed by atoms with E-state index in [2.05, 4.69) is 0 Å². The van der Waals surface area contributed by atoms with Crippen molar-refractivity contribution in [3.05, 3.63) is 33.8 Å². The lowest BCUT2D eigenvalue weighted by Gasteiger charge is -2.10. The minimum absolute atomic E-state index is 0.533. The van der Waals surface area contributed by atoms with Gasteiger partial charge in [0.15, 0.2) is 0 Å². The number of aliphatic hydroxyl groups is 1. The van der Waals surface area contributed by atoms with Crippen LogP contribution in [0.5, 0.6) is 0 Å². The molecule has 1 aliphatic rings. The van der Waals surface area contributed by atoms with Gasteiger partial charge in [0.25, 0.3) is 0 Å². The van der Waals surface area contributed by atoms with E-state index in [9.17, 15) is 5.11 Å². The average molecular weight is 217 g/mol. The quantitative estimate of drug-likeness (QED) is 0.807. The molecule has 1 aromatic rings. The third-order valence-electron chi connectivity index (χ3n) is 2.39. The Morgan fingerprint density at radius 1 is 1.23 bits per heavy atom. The highest BCUT2D eigenvalue weighted by atomic mass is 35.5. The molecule has 1 saturated carbocycles. The summed E-state index contributed by atoms with van der Waals surface area (Å²) < 4.78 is 0. The summed E-state index contributed by atoms with van der Waals surface area (Å²) in [5, 5.41) is 11.0. The second kappa shape index (κ2) is 3.16. The van der Waals surface area contributed by atoms with Crippen LogP contribution in [0.4, 0.5) is 0 Å². The van der Waals surface area contributed by atoms with Crippen molar-refractivity contribution in [2.24, 2.45) is 0 Å². The van der Waals surface area contributed by atoms with Gasteiger partial charge in [-0.25, -0.2) is 0 Å². The molecule has 1 aliphatic carbocycles. The lowest BCUT2D eigenvalue weighted by Crippen LogP contribution is -2.11. The largest absolute Gasteiger partial charge is 0.390 e. The highest BCUT2D eigenvalue weighted by molar-refractivity contribution is 6.36. The van der Waals surface area contributed by atoms with Gasteiger partial charge in [-0.15, -0.1) is 0 Å². The summed E-state index contributed by atoms with van der Waals surface area (Å²) in [6, 6.07) is 5.41. The lowest BCUT2D eigenvalue weighted by atomic mass is 10.1. The molecule has 1 nitrogen and oxygen atoms in total. The predicted molar refractivity (Wildman–Crippen MR) is 54.3 cm³/mol. The fourth-order valence-corrected chi connectivity index (χ4v) is 1.88. The zero-order chi connectivity index (χ0) is 9.47. The van der Waals surface area contributed by atoms with Crippen LogP contribution in [0.15, 0.2) is 18.2 Å². The lowest BCUT2D eigenvalue weighted by molar-refractivity contribution is 0.151. The first kappa shape index (κ1) is 9.32. The van der Waals surface area contributed by atoms with Crippen molar-refractivity contribution in [3.63, 3.8) is 0 Å². The fourth-order valence-electron chi connectivity index (χ4n) is 1.35. The highest BCUT2D eigenvalue weighted by Gasteiger charge is 2.41. The molecule has 0 heterocycles. The zero-order valence-electron chi connectivity index (χ0n) is 7.06. The number of hydrogen-bond donors (Lipinski definition) is 1. The first-order valence-corrected chi connectivity index (χ1v) is 5.02. The Labute approximate surface area is 87.3 Å². The smallest absolute Gasteiger partial charge is 0.0691 e. The Morgan fingerprint density at radius 3 is 2.23 bits per heavy atom. The van der Waals surface area contributed by atoms with Crippen LogP contribution in [0.3, 0.4) is 0 Å². The molecule has 0 atom stereocenters. The Balaban J connectivity index is 2.28. The van der Waals surface area contributed by atoms with Crippen LogP contribution in [-0.4, -0.2) is 10.7 Å². The Kier molecular flexibility index (Phi) is 2.26. The van der Waals surface area contributed by atoms with Crippen molar-refractivity contribution in [1.29, 1.82) is 0 Å². The molecule has 0 unspecified atom stereocenters. The first-order chi connectivity index (χ1) is 6.11. The number of benzene rings is 1. The van der Waals surface area contributed by atoms with E-state index in [4.69, 9.17) is 23.2 Å². The summed E-state index contributed by atoms with van der Waals surface area (Å²) in [4.78, 5) is 0. The van der Waals surface area contributed by atoms with Crippen molar-refractivity contribution < 1.29 is 5.11 Å². The minimum atomic E-state index is -0.533. The fraction of sp³-hybridized carbons (Fsp3) is 0.400. The van der Waals surface area contributed by atoms with Crippen molar-refractivity contribution >= 4 is 23.2 Å². The molecule has 0 bridgehead atoms. The minimum Gasteiger partial charge on any atom is -0.390 e. The second-order valence-electron chi connectivity index (χ2n) is 3.60. The van der Waals surface area contributed by atoms with Gasteiger partial charge in [0.05, 0.1) is 5.60 Å². The van der Waals surface area contributed by atoms with Gasteiger partial charge in [0.1, 0.15) is 0 Å². The summed E-state index contributed by atoms with van der Waals surface area (Å²) in [5.41, 5.74) is 0.333. The molecule has 0 amide bonds. The van der Waals surface area contributed by atoms with Gasteiger partial charge in [0.2, 0.25) is 0 Å². The van der Waals surface area contributed by atoms with Crippen molar-refractivity contribution in [1.82, 2.24) is 0 Å². The van der Waals surface area contributed by atoms with Crippen molar-refractivity contribution in [2.75, 3.05) is 0 Å². The predicted octanol–water partition coefficient (Wildman–Crippen LogP) is 3.06. The van der Waals surface area contributed by atoms with Gasteiger partial charge in [-0.3, -0.25) is 0 Å². The van der Waals surface area contributed by atoms with Crippen LogP contribution < -0.4 is 0 Å². The molecule has 70 valence electrons. The summed E-state index contributed by atoms with van der Waals surface area (Å²) >= 11 is 11.9. The molecule has 13 heavy (non-hydrogen) atoms. The maximum absolute atomic E-state index is 9.71. The van der Waals surface area contributed by atoms with Gasteiger partial charge < -0.3 is 5.11 Å². The molecular formula is C10H10Cl2O. The summed E-state index contributed by atoms with van der Waals surface area (Å²) in [7, 11) is 0. The molecule has 0 aliphatic heterocycles. The molecule has 0 aromatic heterocycles. The monoisotopic (exact) mass is 216 g/mol. The van der Waals surface area contributed by atoms with Gasteiger partial charge in [-0.05, 0) is 30.5 Å². The van der Waals surface area contributed by atoms with E-state index in [1.54, 1.807) is 12.1 Å². The van der Waals surface area contributed by atoms with E-state index in [0.29, 0.717) is 16.5 Å². The zero-order valence-corrected chi connectivity index (χ0v) is 8.57. The van der Waals surface area contributed by atoms with E-state index in [1.165, 1.54) is 0 Å². The van der Waals surface area contributed by atoms with E-state index < -0.39 is 5.60 Å². The number of hydrogen-bond acceptors (Lipinski definition) is 1. The topological polar surface area (TPSA) is 20.2 Å². The number of rotatable bonds is 2. The Bertz CT molecular complexity index is 311. The van der Waals surface area contributed by atoms with Crippen molar-refractivity contribution in [3.8, 4) is 0 Å². The van der Waals surface area contributed by atoms with Crippen LogP contribution in [0.2, 0.25) is 10.0 Å². The Morgan fingerprint density at radius 2 is 1.77 bits per heavy atom. The molecule has 2 rings (SSSR count). The average Bonchev–Trinajstić information content (AvgIpc) is 2.78. The number of halogens is 2. The summed E-state index contributed by atoms with van der Waals surface area (Å²) in [6.07, 6.45) is 2.29. The normalized spacial score (nSPS) is 18.7. The van der Waals surface area contributed by atoms with Gasteiger partial charge >= 0.3 is 0 Å². The molecule has 0 saturated heterocycles. The summed E-state index contributed by atoms with van der Waals surface area (Å²) in [6.45, 7) is 0. The molecule has 1 fully saturated rings. The summed E-state index contributed by atoms with van der Waals surface area (Å²) in [5.74, 6) is 0. The van der Waals surface area contributed by atoms with E-state index >= 15 is 0 Å². The molecule has 1 N–H and O–H groups in total. The maximum Gasteiger partial charge on any atom is 0.0691 e. The van der Waals surface area contributed by atoms with E-state index in [1.807, 2.05) is 6.07 Å². The van der Waals surface area contributed by atoms with Gasteiger partial charge in [0, 0.05) is 16.5 Å². The van der Waals surface area contributed by atoms with Crippen LogP contribution >= 0.6 is 23.2 Å². The van der Waals surface area contributed by atoms with Gasteiger partial charge in [-0.1, -0.05) is 29.3 Å². The van der Waals surface area contributed by atoms with Crippen LogP contribution in [-0.2, 0) is 6.42 Å². The van der Waals surface area contributed by atoms with Crippen molar-refractivity contribution in [2.45, 2.75) is 24.9 Å². The SMILES string of the molecule is OC1(Cc2c(Cl)cccc2Cl)CC1. The maximum atomic E-state index is 9.71. The second-order valence-corrected chi connectivity index (χ2v) is 4.42. The Hall–Kier alpha value is -0.240. The molecule has 0 spiro atoms. The highest BCUT2D eigenvalue weighted by Crippen LogP contribution is 2.41. The van der Waals surface area contributed by atoms with E-state index in [0.717, 1.165) is 18.4 Å². The van der Waals surface area contributed by atoms with Crippen LogP contribution in [0, 0.1) is 0 Å². The standard InChI is InChI=1S/C10H10Cl2O/c11-8-2-1-3-9(12)7(8)6-10(13)4-5-10/h1-3,13H,4-6H2. The molecule has 3 heteroatoms. The van der Waals surface area contributed by atoms with Crippen LogP contribution in [0.25, 0.3) is 0 Å². The van der Waals surface area contributed by atoms with E-state index in [-0.39, 0.29) is 0 Å². The molecule has 0 radical (unpaired) electrons. The van der Waals surface area contributed by atoms with Gasteiger partial charge in [-0.2, -0.15) is 0 Å². The molecule has 1 aromatic carbocycles.